The molecule has 2 aromatic heterocycles. The molecule has 190 valence electrons. The normalized spacial score (nSPS) is 11.2. The van der Waals surface area contributed by atoms with Crippen LogP contribution in [0.15, 0.2) is 86.7 Å². The second-order valence-electron chi connectivity index (χ2n) is 9.69. The van der Waals surface area contributed by atoms with Gasteiger partial charge >= 0.3 is 0 Å². The number of amides is 2. The monoisotopic (exact) mass is 562 g/mol. The summed E-state index contributed by atoms with van der Waals surface area (Å²) in [5.74, 6) is 0.295. The highest BCUT2D eigenvalue weighted by molar-refractivity contribution is 9.10. The molecule has 0 radical (unpaired) electrons. The van der Waals surface area contributed by atoms with Gasteiger partial charge in [0, 0.05) is 27.8 Å². The topological polar surface area (TPSA) is 106 Å². The number of carbonyl (C=O) groups excluding carboxylic acids is 2. The van der Waals surface area contributed by atoms with Crippen molar-refractivity contribution in [2.45, 2.75) is 39.2 Å². The van der Waals surface area contributed by atoms with Crippen LogP contribution in [-0.4, -0.2) is 21.5 Å². The summed E-state index contributed by atoms with van der Waals surface area (Å²) in [6.45, 7) is 6.34. The third-order valence-corrected chi connectivity index (χ3v) is 6.02. The van der Waals surface area contributed by atoms with Gasteiger partial charge in [-0.05, 0) is 45.3 Å². The Morgan fingerprint density at radius 1 is 0.973 bits per heavy atom. The van der Waals surface area contributed by atoms with Gasteiger partial charge in [0.05, 0.1) is 13.0 Å². The first-order valence-corrected chi connectivity index (χ1v) is 12.5. The largest absolute Gasteiger partial charge is 0.359 e. The first-order chi connectivity index (χ1) is 17.6. The lowest BCUT2D eigenvalue weighted by atomic mass is 9.93. The van der Waals surface area contributed by atoms with Crippen molar-refractivity contribution in [3.63, 3.8) is 0 Å². The van der Waals surface area contributed by atoms with Crippen molar-refractivity contribution >= 4 is 39.2 Å². The highest BCUT2D eigenvalue weighted by Gasteiger charge is 2.20. The third kappa shape index (κ3) is 6.83. The Kier molecular flexibility index (Phi) is 7.73. The molecular formula is C28H27BrN4O4. The molecule has 2 heterocycles. The van der Waals surface area contributed by atoms with E-state index in [9.17, 15) is 14.4 Å². The summed E-state index contributed by atoms with van der Waals surface area (Å²) in [7, 11) is 0. The third-order valence-electron chi connectivity index (χ3n) is 5.59. The zero-order valence-corrected chi connectivity index (χ0v) is 22.3. The minimum atomic E-state index is -0.515. The Morgan fingerprint density at radius 2 is 1.68 bits per heavy atom. The quantitative estimate of drug-likeness (QED) is 0.314. The van der Waals surface area contributed by atoms with Gasteiger partial charge in [-0.25, -0.2) is 0 Å². The van der Waals surface area contributed by atoms with Crippen LogP contribution in [0, 0.1) is 0 Å². The van der Waals surface area contributed by atoms with E-state index >= 15 is 0 Å². The summed E-state index contributed by atoms with van der Waals surface area (Å²) in [5.41, 5.74) is 1.64. The number of benzene rings is 2. The fourth-order valence-corrected chi connectivity index (χ4v) is 4.10. The van der Waals surface area contributed by atoms with Crippen molar-refractivity contribution < 1.29 is 14.1 Å². The van der Waals surface area contributed by atoms with Crippen LogP contribution in [0.2, 0.25) is 0 Å². The second kappa shape index (κ2) is 11.0. The van der Waals surface area contributed by atoms with Crippen molar-refractivity contribution in [1.82, 2.24) is 9.72 Å². The van der Waals surface area contributed by atoms with Crippen LogP contribution in [0.5, 0.6) is 0 Å². The molecule has 4 rings (SSSR count). The van der Waals surface area contributed by atoms with Crippen molar-refractivity contribution in [1.29, 1.82) is 0 Å². The molecule has 2 amide bonds. The van der Waals surface area contributed by atoms with Gasteiger partial charge in [0.15, 0.2) is 5.82 Å². The van der Waals surface area contributed by atoms with Gasteiger partial charge in [0.1, 0.15) is 11.3 Å². The van der Waals surface area contributed by atoms with E-state index in [1.807, 2.05) is 51.1 Å². The molecule has 2 aromatic carbocycles. The molecule has 0 aliphatic heterocycles. The summed E-state index contributed by atoms with van der Waals surface area (Å²) in [4.78, 5) is 38.3. The number of halogens is 1. The fourth-order valence-electron chi connectivity index (χ4n) is 3.62. The highest BCUT2D eigenvalue weighted by atomic mass is 79.9. The minimum absolute atomic E-state index is 0.0241. The van der Waals surface area contributed by atoms with E-state index in [0.29, 0.717) is 28.3 Å². The zero-order chi connectivity index (χ0) is 26.6. The first-order valence-electron chi connectivity index (χ1n) is 11.7. The van der Waals surface area contributed by atoms with Crippen LogP contribution in [0.1, 0.15) is 48.0 Å². The number of hydrogen-bond acceptors (Lipinski definition) is 5. The molecular weight excluding hydrogens is 536 g/mol. The van der Waals surface area contributed by atoms with E-state index in [-0.39, 0.29) is 28.9 Å². The number of rotatable bonds is 7. The maximum atomic E-state index is 13.0. The Hall–Kier alpha value is -3.98. The maximum Gasteiger partial charge on any atom is 0.263 e. The van der Waals surface area contributed by atoms with Crippen LogP contribution in [0.25, 0.3) is 0 Å². The molecule has 0 bridgehead atoms. The van der Waals surface area contributed by atoms with Gasteiger partial charge in [0.25, 0.3) is 11.5 Å². The summed E-state index contributed by atoms with van der Waals surface area (Å²) >= 11 is 3.39. The molecule has 0 fully saturated rings. The maximum absolute atomic E-state index is 13.0. The molecule has 0 saturated heterocycles. The molecule has 2 N–H and O–H groups in total. The molecule has 0 atom stereocenters. The zero-order valence-electron chi connectivity index (χ0n) is 20.7. The Bertz CT molecular complexity index is 1470. The minimum Gasteiger partial charge on any atom is -0.359 e. The lowest BCUT2D eigenvalue weighted by Gasteiger charge is -2.12. The Labute approximate surface area is 222 Å². The van der Waals surface area contributed by atoms with E-state index < -0.39 is 5.91 Å². The SMILES string of the molecule is CC(C)(C)c1cc(NC(=O)Cc2ccc(NC(=O)c3cc(Br)cn(Cc4ccccc4)c3=O)cc2)no1. The average molecular weight is 563 g/mol. The Balaban J connectivity index is 1.39. The highest BCUT2D eigenvalue weighted by Crippen LogP contribution is 2.24. The van der Waals surface area contributed by atoms with Gasteiger partial charge in [-0.1, -0.05) is 68.4 Å². The number of nitrogens with one attached hydrogen (secondary N) is 2. The molecule has 0 saturated carbocycles. The molecule has 9 heteroatoms. The van der Waals surface area contributed by atoms with Crippen LogP contribution in [0.4, 0.5) is 11.5 Å². The summed E-state index contributed by atoms with van der Waals surface area (Å²) in [6, 6.07) is 19.6. The second-order valence-corrected chi connectivity index (χ2v) is 10.6. The lowest BCUT2D eigenvalue weighted by Crippen LogP contribution is -2.29. The van der Waals surface area contributed by atoms with E-state index in [1.54, 1.807) is 36.5 Å². The molecule has 4 aromatic rings. The molecule has 37 heavy (non-hydrogen) atoms. The van der Waals surface area contributed by atoms with Crippen LogP contribution in [0.3, 0.4) is 0 Å². The molecule has 8 nitrogen and oxygen atoms in total. The number of anilines is 2. The molecule has 0 spiro atoms. The van der Waals surface area contributed by atoms with Crippen LogP contribution in [-0.2, 0) is 23.2 Å². The van der Waals surface area contributed by atoms with E-state index in [2.05, 4.69) is 31.7 Å². The van der Waals surface area contributed by atoms with Gasteiger partial charge in [-0.2, -0.15) is 0 Å². The summed E-state index contributed by atoms with van der Waals surface area (Å²) in [6.07, 6.45) is 1.79. The number of pyridine rings is 1. The predicted molar refractivity (Wildman–Crippen MR) is 146 cm³/mol. The van der Waals surface area contributed by atoms with Gasteiger partial charge in [-0.3, -0.25) is 14.4 Å². The van der Waals surface area contributed by atoms with Gasteiger partial charge in [0.2, 0.25) is 5.91 Å². The lowest BCUT2D eigenvalue weighted by molar-refractivity contribution is -0.115. The molecule has 0 aliphatic rings. The van der Waals surface area contributed by atoms with Crippen LogP contribution >= 0.6 is 15.9 Å². The van der Waals surface area contributed by atoms with Gasteiger partial charge in [-0.15, -0.1) is 0 Å². The van der Waals surface area contributed by atoms with Crippen LogP contribution < -0.4 is 16.2 Å². The molecule has 0 unspecified atom stereocenters. The van der Waals surface area contributed by atoms with E-state index in [4.69, 9.17) is 4.52 Å². The van der Waals surface area contributed by atoms with E-state index in [1.165, 1.54) is 10.6 Å². The summed E-state index contributed by atoms with van der Waals surface area (Å²) in [5, 5.41) is 9.39. The number of hydrogen-bond donors (Lipinski definition) is 2. The number of aromatic nitrogens is 2. The fraction of sp³-hybridized carbons (Fsp3) is 0.214. The Morgan fingerprint density at radius 3 is 2.32 bits per heavy atom. The van der Waals surface area contributed by atoms with E-state index in [0.717, 1.165) is 11.1 Å². The van der Waals surface area contributed by atoms with Crippen molar-refractivity contribution in [2.75, 3.05) is 10.6 Å². The average Bonchev–Trinajstić information content (AvgIpc) is 3.32. The number of carbonyl (C=O) groups is 2. The first kappa shape index (κ1) is 26.1. The van der Waals surface area contributed by atoms with Gasteiger partial charge < -0.3 is 19.7 Å². The smallest absolute Gasteiger partial charge is 0.263 e. The number of nitrogens with zero attached hydrogens (tertiary/aromatic N) is 2. The summed E-state index contributed by atoms with van der Waals surface area (Å²) < 4.78 is 7.41. The standard InChI is InChI=1S/C28H27BrN4O4/c1-28(2,3)23-15-24(32-37-23)31-25(34)13-18-9-11-21(12-10-18)30-26(35)22-14-20(29)17-33(27(22)36)16-19-7-5-4-6-8-19/h4-12,14-15,17H,13,16H2,1-3H3,(H,30,35)(H,31,32,34). The molecule has 0 aliphatic carbocycles. The van der Waals surface area contributed by atoms with Crippen molar-refractivity contribution in [2.24, 2.45) is 0 Å². The van der Waals surface area contributed by atoms with Crippen molar-refractivity contribution in [3.05, 3.63) is 110 Å². The van der Waals surface area contributed by atoms with Crippen molar-refractivity contribution in [3.8, 4) is 0 Å². The predicted octanol–water partition coefficient (Wildman–Crippen LogP) is 5.38.